The SMILES string of the molecule is COC(=O)[C@H](C(C)C)N1C[C@H](SC)C[C@@H](N2C(=O)c3ccccc3C2=O)C1=O. The summed E-state index contributed by atoms with van der Waals surface area (Å²) in [6.45, 7) is 4.06. The summed E-state index contributed by atoms with van der Waals surface area (Å²) in [7, 11) is 1.29. The number of amides is 3. The Labute approximate surface area is 168 Å². The molecule has 1 fully saturated rings. The van der Waals surface area contributed by atoms with E-state index < -0.39 is 29.9 Å². The van der Waals surface area contributed by atoms with Crippen LogP contribution in [-0.2, 0) is 14.3 Å². The van der Waals surface area contributed by atoms with E-state index in [0.29, 0.717) is 24.1 Å². The minimum absolute atomic E-state index is 0.00193. The van der Waals surface area contributed by atoms with Gasteiger partial charge in [0.05, 0.1) is 18.2 Å². The van der Waals surface area contributed by atoms with Crippen molar-refractivity contribution in [2.45, 2.75) is 37.6 Å². The van der Waals surface area contributed by atoms with E-state index in [-0.39, 0.29) is 17.1 Å². The highest BCUT2D eigenvalue weighted by Gasteiger charge is 2.49. The number of methoxy groups -OCH3 is 1. The zero-order chi connectivity index (χ0) is 20.6. The Balaban J connectivity index is 1.97. The van der Waals surface area contributed by atoms with E-state index >= 15 is 0 Å². The van der Waals surface area contributed by atoms with Gasteiger partial charge in [-0.05, 0) is 30.7 Å². The van der Waals surface area contributed by atoms with Crippen molar-refractivity contribution in [3.63, 3.8) is 0 Å². The van der Waals surface area contributed by atoms with Gasteiger partial charge in [-0.2, -0.15) is 11.8 Å². The molecule has 7 nitrogen and oxygen atoms in total. The molecule has 1 aromatic rings. The average molecular weight is 404 g/mol. The molecule has 3 amide bonds. The third-order valence-corrected chi connectivity index (χ3v) is 6.34. The first-order valence-electron chi connectivity index (χ1n) is 9.19. The number of nitrogens with zero attached hydrogens (tertiary/aromatic N) is 2. The highest BCUT2D eigenvalue weighted by atomic mass is 32.2. The Morgan fingerprint density at radius 2 is 1.71 bits per heavy atom. The van der Waals surface area contributed by atoms with Crippen LogP contribution in [0.3, 0.4) is 0 Å². The molecular weight excluding hydrogens is 380 g/mol. The number of hydrogen-bond donors (Lipinski definition) is 0. The lowest BCUT2D eigenvalue weighted by atomic mass is 9.95. The summed E-state index contributed by atoms with van der Waals surface area (Å²) in [5, 5.41) is -0.00193. The summed E-state index contributed by atoms with van der Waals surface area (Å²) in [5.41, 5.74) is 0.623. The first kappa shape index (κ1) is 20.4. The molecular formula is C20H24N2O5S. The Morgan fingerprint density at radius 3 is 2.18 bits per heavy atom. The monoisotopic (exact) mass is 404 g/mol. The fourth-order valence-corrected chi connectivity index (χ4v) is 4.62. The van der Waals surface area contributed by atoms with Crippen LogP contribution in [0.1, 0.15) is 41.0 Å². The number of benzene rings is 1. The van der Waals surface area contributed by atoms with Gasteiger partial charge in [-0.1, -0.05) is 26.0 Å². The molecule has 1 saturated heterocycles. The Hall–Kier alpha value is -2.35. The van der Waals surface area contributed by atoms with Crippen LogP contribution in [0.25, 0.3) is 0 Å². The molecule has 28 heavy (non-hydrogen) atoms. The summed E-state index contributed by atoms with van der Waals surface area (Å²) in [4.78, 5) is 54.0. The lowest BCUT2D eigenvalue weighted by Gasteiger charge is -2.43. The van der Waals surface area contributed by atoms with E-state index in [1.54, 1.807) is 36.0 Å². The normalized spacial score (nSPS) is 23.2. The maximum absolute atomic E-state index is 13.3. The van der Waals surface area contributed by atoms with Gasteiger partial charge >= 0.3 is 5.97 Å². The summed E-state index contributed by atoms with van der Waals surface area (Å²) >= 11 is 1.55. The number of thioether (sulfide) groups is 1. The molecule has 2 aliphatic heterocycles. The van der Waals surface area contributed by atoms with Gasteiger partial charge in [0.2, 0.25) is 5.91 Å². The number of hydrogen-bond acceptors (Lipinski definition) is 6. The highest BCUT2D eigenvalue weighted by molar-refractivity contribution is 7.99. The van der Waals surface area contributed by atoms with Gasteiger partial charge in [0.25, 0.3) is 11.8 Å². The van der Waals surface area contributed by atoms with Gasteiger partial charge in [0.15, 0.2) is 0 Å². The van der Waals surface area contributed by atoms with Crippen LogP contribution >= 0.6 is 11.8 Å². The van der Waals surface area contributed by atoms with E-state index in [9.17, 15) is 19.2 Å². The molecule has 0 saturated carbocycles. The number of ether oxygens (including phenoxy) is 1. The molecule has 0 bridgehead atoms. The molecule has 150 valence electrons. The first-order chi connectivity index (χ1) is 13.3. The van der Waals surface area contributed by atoms with E-state index in [4.69, 9.17) is 4.74 Å². The second-order valence-corrected chi connectivity index (χ2v) is 8.48. The first-order valence-corrected chi connectivity index (χ1v) is 10.5. The zero-order valence-corrected chi connectivity index (χ0v) is 17.2. The molecule has 8 heteroatoms. The number of imide groups is 1. The third-order valence-electron chi connectivity index (χ3n) is 5.34. The molecule has 0 N–H and O–H groups in total. The van der Waals surface area contributed by atoms with Gasteiger partial charge in [0, 0.05) is 11.8 Å². The molecule has 0 spiro atoms. The number of piperidine rings is 1. The second-order valence-electron chi connectivity index (χ2n) is 7.34. The second kappa shape index (κ2) is 7.95. The van der Waals surface area contributed by atoms with Crippen LogP contribution in [0.15, 0.2) is 24.3 Å². The molecule has 2 heterocycles. The fourth-order valence-electron chi connectivity index (χ4n) is 3.93. The highest BCUT2D eigenvalue weighted by Crippen LogP contribution is 2.33. The van der Waals surface area contributed by atoms with Crippen LogP contribution in [0, 0.1) is 5.92 Å². The van der Waals surface area contributed by atoms with Crippen LogP contribution < -0.4 is 0 Å². The molecule has 3 rings (SSSR count). The molecule has 0 aromatic heterocycles. The smallest absolute Gasteiger partial charge is 0.328 e. The van der Waals surface area contributed by atoms with Crippen molar-refractivity contribution in [3.8, 4) is 0 Å². The van der Waals surface area contributed by atoms with Gasteiger partial charge in [-0.25, -0.2) is 4.79 Å². The standard InChI is InChI=1S/C20H24N2O5S/c1-11(2)16(20(26)27-3)21-10-12(28-4)9-15(19(21)25)22-17(23)13-7-5-6-8-14(13)18(22)24/h5-8,11-12,15-16H,9-10H2,1-4H3/t12-,15-,16+/m1/s1. The predicted octanol–water partition coefficient (Wildman–Crippen LogP) is 1.81. The third kappa shape index (κ3) is 3.30. The maximum Gasteiger partial charge on any atom is 0.328 e. The lowest BCUT2D eigenvalue weighted by molar-refractivity contribution is -0.158. The quantitative estimate of drug-likeness (QED) is 0.550. The van der Waals surface area contributed by atoms with Crippen molar-refractivity contribution in [2.24, 2.45) is 5.92 Å². The number of rotatable bonds is 5. The zero-order valence-electron chi connectivity index (χ0n) is 16.4. The van der Waals surface area contributed by atoms with Crippen molar-refractivity contribution in [1.29, 1.82) is 0 Å². The van der Waals surface area contributed by atoms with Crippen molar-refractivity contribution in [2.75, 3.05) is 19.9 Å². The molecule has 3 atom stereocenters. The molecule has 0 unspecified atom stereocenters. The predicted molar refractivity (Wildman–Crippen MR) is 105 cm³/mol. The maximum atomic E-state index is 13.3. The Bertz CT molecular complexity index is 790. The molecule has 0 aliphatic carbocycles. The Kier molecular flexibility index (Phi) is 5.79. The minimum Gasteiger partial charge on any atom is -0.467 e. The van der Waals surface area contributed by atoms with Crippen LogP contribution in [0.4, 0.5) is 0 Å². The largest absolute Gasteiger partial charge is 0.467 e. The topological polar surface area (TPSA) is 84.0 Å². The number of fused-ring (bicyclic) bond motifs is 1. The van der Waals surface area contributed by atoms with Crippen molar-refractivity contribution in [1.82, 2.24) is 9.80 Å². The lowest BCUT2D eigenvalue weighted by Crippen LogP contribution is -2.62. The van der Waals surface area contributed by atoms with Crippen LogP contribution in [0.2, 0.25) is 0 Å². The van der Waals surface area contributed by atoms with E-state index in [2.05, 4.69) is 0 Å². The summed E-state index contributed by atoms with van der Waals surface area (Å²) in [5.74, 6) is -1.96. The number of carbonyl (C=O) groups is 4. The van der Waals surface area contributed by atoms with E-state index in [1.807, 2.05) is 20.1 Å². The van der Waals surface area contributed by atoms with Crippen LogP contribution in [-0.4, -0.2) is 70.7 Å². The van der Waals surface area contributed by atoms with Crippen molar-refractivity contribution >= 4 is 35.5 Å². The summed E-state index contributed by atoms with van der Waals surface area (Å²) in [6.07, 6.45) is 2.29. The fraction of sp³-hybridized carbons (Fsp3) is 0.500. The molecule has 2 aliphatic rings. The van der Waals surface area contributed by atoms with Gasteiger partial charge < -0.3 is 9.64 Å². The summed E-state index contributed by atoms with van der Waals surface area (Å²) in [6, 6.07) is 4.89. The van der Waals surface area contributed by atoms with Gasteiger partial charge in [0.1, 0.15) is 12.1 Å². The van der Waals surface area contributed by atoms with E-state index in [1.165, 1.54) is 12.0 Å². The summed E-state index contributed by atoms with van der Waals surface area (Å²) < 4.78 is 4.91. The van der Waals surface area contributed by atoms with Gasteiger partial charge in [-0.3, -0.25) is 19.3 Å². The molecule has 0 radical (unpaired) electrons. The van der Waals surface area contributed by atoms with Crippen molar-refractivity contribution < 1.29 is 23.9 Å². The number of likely N-dealkylation sites (tertiary alicyclic amines) is 1. The van der Waals surface area contributed by atoms with Crippen molar-refractivity contribution in [3.05, 3.63) is 35.4 Å². The van der Waals surface area contributed by atoms with E-state index in [0.717, 1.165) is 4.90 Å². The minimum atomic E-state index is -0.926. The average Bonchev–Trinajstić information content (AvgIpc) is 2.94. The van der Waals surface area contributed by atoms with Crippen LogP contribution in [0.5, 0.6) is 0 Å². The number of esters is 1. The Morgan fingerprint density at radius 1 is 1.14 bits per heavy atom. The number of carbonyl (C=O) groups excluding carboxylic acids is 4. The molecule has 1 aromatic carbocycles. The van der Waals surface area contributed by atoms with Gasteiger partial charge in [-0.15, -0.1) is 0 Å².